The fourth-order valence-electron chi connectivity index (χ4n) is 3.67. The Balaban J connectivity index is 1.65. The normalized spacial score (nSPS) is 18.8. The number of nitrogens with zero attached hydrogens (tertiary/aromatic N) is 2. The largest absolute Gasteiger partial charge is 0.383 e. The van der Waals surface area contributed by atoms with Gasteiger partial charge in [0.2, 0.25) is 0 Å². The number of Topliss-reactive ketones (excluding diaryl/α,β-unsaturated/α-hetero) is 1. The van der Waals surface area contributed by atoms with Gasteiger partial charge in [-0.25, -0.2) is 0 Å². The zero-order chi connectivity index (χ0) is 18.1. The zero-order valence-electron chi connectivity index (χ0n) is 14.8. The van der Waals surface area contributed by atoms with Gasteiger partial charge >= 0.3 is 0 Å². The van der Waals surface area contributed by atoms with Crippen molar-refractivity contribution in [2.75, 3.05) is 33.2 Å². The number of piperazine rings is 1. The summed E-state index contributed by atoms with van der Waals surface area (Å²) in [6.07, 6.45) is 0.627. The maximum atomic E-state index is 13.2. The van der Waals surface area contributed by atoms with Crippen LogP contribution >= 0.6 is 11.3 Å². The second-order valence-corrected chi connectivity index (χ2v) is 7.84. The minimum atomic E-state index is -1.09. The lowest BCUT2D eigenvalue weighted by Gasteiger charge is -2.39. The number of thiophene rings is 1. The number of carbonyl (C=O) groups is 1. The number of para-hydroxylation sites is 1. The highest BCUT2D eigenvalue weighted by Crippen LogP contribution is 2.32. The van der Waals surface area contributed by atoms with Crippen LogP contribution in [0.3, 0.4) is 0 Å². The van der Waals surface area contributed by atoms with Crippen LogP contribution in [0.2, 0.25) is 0 Å². The van der Waals surface area contributed by atoms with E-state index in [1.54, 1.807) is 17.5 Å². The molecule has 0 saturated carbocycles. The second-order valence-electron chi connectivity index (χ2n) is 6.86. The molecule has 26 heavy (non-hydrogen) atoms. The molecule has 0 unspecified atom stereocenters. The Bertz CT molecular complexity index is 881. The molecule has 0 radical (unpaired) electrons. The lowest BCUT2D eigenvalue weighted by atomic mass is 9.97. The number of benzene rings is 1. The molecule has 0 aliphatic carbocycles. The van der Waals surface area contributed by atoms with Crippen LogP contribution in [-0.2, 0) is 0 Å². The molecule has 1 aromatic carbocycles. The fraction of sp³-hybridized carbons (Fsp3) is 0.350. The summed E-state index contributed by atoms with van der Waals surface area (Å²) < 4.78 is 0. The van der Waals surface area contributed by atoms with Crippen molar-refractivity contribution in [1.29, 1.82) is 0 Å². The van der Waals surface area contributed by atoms with Crippen molar-refractivity contribution < 1.29 is 9.90 Å². The number of aliphatic hydroxyl groups excluding tert-OH is 1. The smallest absolute Gasteiger partial charge is 0.195 e. The van der Waals surface area contributed by atoms with Crippen molar-refractivity contribution in [2.45, 2.75) is 12.1 Å². The third-order valence-electron chi connectivity index (χ3n) is 5.19. The van der Waals surface area contributed by atoms with Gasteiger partial charge in [-0.05, 0) is 24.6 Å². The molecular weight excluding hydrogens is 346 g/mol. The highest BCUT2D eigenvalue weighted by atomic mass is 32.1. The number of fused-ring (bicyclic) bond motifs is 1. The van der Waals surface area contributed by atoms with Gasteiger partial charge in [0.25, 0.3) is 0 Å². The first-order valence-electron chi connectivity index (χ1n) is 8.89. The van der Waals surface area contributed by atoms with Crippen molar-refractivity contribution in [2.24, 2.45) is 0 Å². The fourth-order valence-corrected chi connectivity index (χ4v) is 4.56. The average molecular weight is 369 g/mol. The van der Waals surface area contributed by atoms with Gasteiger partial charge in [0.15, 0.2) is 5.78 Å². The molecule has 0 amide bonds. The van der Waals surface area contributed by atoms with Crippen molar-refractivity contribution in [3.8, 4) is 0 Å². The van der Waals surface area contributed by atoms with E-state index in [9.17, 15) is 9.90 Å². The monoisotopic (exact) mass is 369 g/mol. The topological polar surface area (TPSA) is 59.6 Å². The number of hydrogen-bond donors (Lipinski definition) is 2. The molecule has 5 nitrogen and oxygen atoms in total. The Kier molecular flexibility index (Phi) is 4.91. The van der Waals surface area contributed by atoms with Gasteiger partial charge in [-0.2, -0.15) is 0 Å². The molecule has 3 aromatic rings. The lowest BCUT2D eigenvalue weighted by molar-refractivity contribution is 0.0240. The van der Waals surface area contributed by atoms with Gasteiger partial charge in [0.1, 0.15) is 6.10 Å². The first kappa shape index (κ1) is 17.4. The van der Waals surface area contributed by atoms with Crippen LogP contribution in [0, 0.1) is 0 Å². The molecule has 4 rings (SSSR count). The molecule has 1 saturated heterocycles. The third-order valence-corrected chi connectivity index (χ3v) is 6.13. The van der Waals surface area contributed by atoms with E-state index >= 15 is 0 Å². The van der Waals surface area contributed by atoms with E-state index < -0.39 is 6.10 Å². The molecule has 0 spiro atoms. The minimum Gasteiger partial charge on any atom is -0.383 e. The predicted octanol–water partition coefficient (Wildman–Crippen LogP) is 2.76. The van der Waals surface area contributed by atoms with Crippen LogP contribution in [0.1, 0.15) is 21.3 Å². The molecule has 2 N–H and O–H groups in total. The highest BCUT2D eigenvalue weighted by molar-refractivity contribution is 7.10. The van der Waals surface area contributed by atoms with Crippen LogP contribution in [-0.4, -0.2) is 65.0 Å². The molecule has 1 fully saturated rings. The van der Waals surface area contributed by atoms with E-state index in [4.69, 9.17) is 0 Å². The van der Waals surface area contributed by atoms with Gasteiger partial charge in [-0.3, -0.25) is 9.69 Å². The Labute approximate surface area is 156 Å². The van der Waals surface area contributed by atoms with E-state index in [1.165, 1.54) is 0 Å². The van der Waals surface area contributed by atoms with Gasteiger partial charge in [0.05, 0.1) is 6.04 Å². The molecule has 2 aromatic heterocycles. The molecule has 1 aliphatic heterocycles. The standard InChI is InChI=1S/C20H23N3O2S/c1-22-8-10-23(11-9-22)18(17-7-4-12-26-17)20(25)19(24)15-13-21-16-6-3-2-5-14(15)16/h2-7,12-13,18,20-21,25H,8-11H2,1H3/t18-,20+/m1/s1. The van der Waals surface area contributed by atoms with E-state index in [0.29, 0.717) is 5.56 Å². The summed E-state index contributed by atoms with van der Waals surface area (Å²) in [6, 6.07) is 11.4. The summed E-state index contributed by atoms with van der Waals surface area (Å²) in [5, 5.41) is 13.9. The van der Waals surface area contributed by atoms with Crippen LogP contribution in [0.25, 0.3) is 10.9 Å². The maximum absolute atomic E-state index is 13.2. The molecule has 6 heteroatoms. The SMILES string of the molecule is CN1CCN([C@H](c2cccs2)[C@H](O)C(=O)c2c[nH]c3ccccc23)CC1. The molecule has 3 heterocycles. The van der Waals surface area contributed by atoms with Crippen LogP contribution < -0.4 is 0 Å². The number of rotatable bonds is 5. The number of likely N-dealkylation sites (N-methyl/N-ethyl adjacent to an activating group) is 1. The van der Waals surface area contributed by atoms with Crippen LogP contribution in [0.5, 0.6) is 0 Å². The van der Waals surface area contributed by atoms with E-state index in [-0.39, 0.29) is 11.8 Å². The van der Waals surface area contributed by atoms with Crippen molar-refractivity contribution in [1.82, 2.24) is 14.8 Å². The Morgan fingerprint density at radius 2 is 1.92 bits per heavy atom. The van der Waals surface area contributed by atoms with Gasteiger partial charge in [-0.15, -0.1) is 11.3 Å². The van der Waals surface area contributed by atoms with Crippen molar-refractivity contribution in [3.05, 3.63) is 58.4 Å². The second kappa shape index (κ2) is 7.32. The van der Waals surface area contributed by atoms with Gasteiger partial charge < -0.3 is 15.0 Å². The van der Waals surface area contributed by atoms with Crippen molar-refractivity contribution in [3.63, 3.8) is 0 Å². The summed E-state index contributed by atoms with van der Waals surface area (Å²) in [5.74, 6) is -0.222. The van der Waals surface area contributed by atoms with Gasteiger partial charge in [0, 0.05) is 53.7 Å². The average Bonchev–Trinajstić information content (AvgIpc) is 3.32. The number of ketones is 1. The first-order valence-corrected chi connectivity index (χ1v) is 9.77. The number of H-pyrrole nitrogens is 1. The van der Waals surface area contributed by atoms with Gasteiger partial charge in [-0.1, -0.05) is 24.3 Å². The Hall–Kier alpha value is -1.99. The number of carbonyl (C=O) groups excluding carboxylic acids is 1. The molecule has 1 aliphatic rings. The Morgan fingerprint density at radius 1 is 1.15 bits per heavy atom. The van der Waals surface area contributed by atoms with Crippen molar-refractivity contribution >= 4 is 28.0 Å². The summed E-state index contributed by atoms with van der Waals surface area (Å²) in [4.78, 5) is 21.8. The molecular formula is C20H23N3O2S. The number of aromatic nitrogens is 1. The van der Waals surface area contributed by atoms with E-state index in [1.807, 2.05) is 41.8 Å². The third kappa shape index (κ3) is 3.21. The predicted molar refractivity (Wildman–Crippen MR) is 105 cm³/mol. The summed E-state index contributed by atoms with van der Waals surface area (Å²) in [7, 11) is 2.10. The number of aromatic amines is 1. The molecule has 0 bridgehead atoms. The van der Waals surface area contributed by atoms with E-state index in [0.717, 1.165) is 42.0 Å². The van der Waals surface area contributed by atoms with E-state index in [2.05, 4.69) is 21.8 Å². The molecule has 136 valence electrons. The summed E-state index contributed by atoms with van der Waals surface area (Å²) in [5.41, 5.74) is 1.47. The lowest BCUT2D eigenvalue weighted by Crippen LogP contribution is -2.49. The molecule has 2 atom stereocenters. The van der Waals surface area contributed by atoms with Crippen LogP contribution in [0.15, 0.2) is 48.0 Å². The summed E-state index contributed by atoms with van der Waals surface area (Å²) in [6.45, 7) is 3.57. The zero-order valence-corrected chi connectivity index (χ0v) is 15.6. The number of hydrogen-bond acceptors (Lipinski definition) is 5. The summed E-state index contributed by atoms with van der Waals surface area (Å²) >= 11 is 1.60. The maximum Gasteiger partial charge on any atom is 0.195 e. The highest BCUT2D eigenvalue weighted by Gasteiger charge is 2.35. The number of nitrogens with one attached hydrogen (secondary N) is 1. The van der Waals surface area contributed by atoms with Crippen LogP contribution in [0.4, 0.5) is 0 Å². The quantitative estimate of drug-likeness (QED) is 0.679. The minimum absolute atomic E-state index is 0.222. The number of aliphatic hydroxyl groups is 1. The Morgan fingerprint density at radius 3 is 2.65 bits per heavy atom. The first-order chi connectivity index (χ1) is 12.6.